The van der Waals surface area contributed by atoms with Crippen LogP contribution in [0.15, 0.2) is 48.5 Å². The van der Waals surface area contributed by atoms with E-state index < -0.39 is 24.0 Å². The van der Waals surface area contributed by atoms with Crippen LogP contribution in [0.5, 0.6) is 0 Å². The molecule has 2 aromatic rings. The van der Waals surface area contributed by atoms with Crippen molar-refractivity contribution in [2.75, 3.05) is 19.7 Å². The molecule has 1 fully saturated rings. The lowest BCUT2D eigenvalue weighted by Gasteiger charge is -2.42. The molecule has 2 aliphatic rings. The van der Waals surface area contributed by atoms with Crippen LogP contribution in [0.3, 0.4) is 0 Å². The third-order valence-corrected chi connectivity index (χ3v) is 6.73. The second kappa shape index (κ2) is 10.0. The van der Waals surface area contributed by atoms with Crippen molar-refractivity contribution >= 4 is 18.0 Å². The van der Waals surface area contributed by atoms with Crippen LogP contribution >= 0.6 is 0 Å². The Balaban J connectivity index is 1.38. The van der Waals surface area contributed by atoms with Crippen LogP contribution < -0.4 is 5.32 Å². The number of amides is 2. The van der Waals surface area contributed by atoms with Crippen molar-refractivity contribution in [3.05, 3.63) is 59.7 Å². The lowest BCUT2D eigenvalue weighted by Crippen LogP contribution is -2.59. The van der Waals surface area contributed by atoms with Crippen LogP contribution in [-0.4, -0.2) is 53.7 Å². The summed E-state index contributed by atoms with van der Waals surface area (Å²) in [5, 5.41) is 11.8. The topological polar surface area (TPSA) is 95.9 Å². The molecule has 2 N–H and O–H groups in total. The van der Waals surface area contributed by atoms with Gasteiger partial charge in [-0.05, 0) is 29.2 Å². The van der Waals surface area contributed by atoms with Gasteiger partial charge < -0.3 is 20.1 Å². The molecule has 1 aliphatic carbocycles. The fourth-order valence-corrected chi connectivity index (χ4v) is 4.62. The molecule has 2 unspecified atom stereocenters. The lowest BCUT2D eigenvalue weighted by molar-refractivity contribution is -0.151. The number of likely N-dealkylation sites (tertiary alicyclic amines) is 1. The van der Waals surface area contributed by atoms with E-state index in [4.69, 9.17) is 9.84 Å². The molecule has 0 saturated carbocycles. The van der Waals surface area contributed by atoms with Crippen molar-refractivity contribution in [3.63, 3.8) is 0 Å². The number of hydrogen-bond acceptors (Lipinski definition) is 4. The van der Waals surface area contributed by atoms with Gasteiger partial charge in [-0.2, -0.15) is 0 Å². The predicted octanol–water partition coefficient (Wildman–Crippen LogP) is 3.49. The predicted molar refractivity (Wildman–Crippen MR) is 127 cm³/mol. The van der Waals surface area contributed by atoms with Gasteiger partial charge in [0.2, 0.25) is 5.91 Å². The zero-order valence-electron chi connectivity index (χ0n) is 19.3. The maximum atomic E-state index is 12.9. The highest BCUT2D eigenvalue weighted by Gasteiger charge is 2.39. The molecule has 34 heavy (non-hydrogen) atoms. The first-order valence-electron chi connectivity index (χ1n) is 11.4. The highest BCUT2D eigenvalue weighted by atomic mass is 16.5. The quantitative estimate of drug-likeness (QED) is 0.617. The Bertz CT molecular complexity index is 1110. The number of alkyl carbamates (subject to hydrolysis) is 1. The number of fused-ring (bicyclic) bond motifs is 3. The minimum atomic E-state index is -0.873. The Labute approximate surface area is 199 Å². The number of rotatable bonds is 7. The molecule has 1 saturated heterocycles. The van der Waals surface area contributed by atoms with Crippen LogP contribution in [0.4, 0.5) is 4.79 Å². The first-order chi connectivity index (χ1) is 16.4. The number of carbonyl (C=O) groups excluding carboxylic acids is 2. The van der Waals surface area contributed by atoms with E-state index in [1.165, 1.54) is 0 Å². The number of carboxylic acid groups (broad SMARTS) is 1. The van der Waals surface area contributed by atoms with Gasteiger partial charge in [0.25, 0.3) is 0 Å². The van der Waals surface area contributed by atoms with Gasteiger partial charge in [-0.15, -0.1) is 11.8 Å². The number of carbonyl (C=O) groups is 3. The third-order valence-electron chi connectivity index (χ3n) is 6.73. The Morgan fingerprint density at radius 2 is 1.68 bits per heavy atom. The van der Waals surface area contributed by atoms with Crippen molar-refractivity contribution in [1.82, 2.24) is 10.2 Å². The van der Waals surface area contributed by atoms with Gasteiger partial charge in [0, 0.05) is 31.3 Å². The standard InChI is InChI=1S/C27H28N2O5/c1-3-4-13-24(25(30)29-14-18(15-29)17(2)26(31)32)28-27(33)34-16-23-21-11-7-5-9-19(21)20-10-6-8-12-22(20)23/h5-12,17-18,23-24H,13-16H2,1-2H3,(H,28,33)(H,31,32). The molecule has 176 valence electrons. The smallest absolute Gasteiger partial charge is 0.407 e. The molecule has 7 nitrogen and oxygen atoms in total. The SMILES string of the molecule is CC#CCC(NC(=O)OCC1c2ccccc2-c2ccccc21)C(=O)N1CC(C(C)C(=O)O)C1. The minimum Gasteiger partial charge on any atom is -0.481 e. The first-order valence-corrected chi connectivity index (χ1v) is 11.4. The van der Waals surface area contributed by atoms with Crippen LogP contribution in [0, 0.1) is 23.7 Å². The Kier molecular flexibility index (Phi) is 6.87. The molecule has 7 heteroatoms. The van der Waals surface area contributed by atoms with E-state index >= 15 is 0 Å². The number of carboxylic acids is 1. The van der Waals surface area contributed by atoms with Crippen molar-refractivity contribution < 1.29 is 24.2 Å². The second-order valence-electron chi connectivity index (χ2n) is 8.78. The normalized spacial score (nSPS) is 16.2. The molecule has 0 aromatic heterocycles. The van der Waals surface area contributed by atoms with Crippen molar-refractivity contribution in [2.45, 2.75) is 32.2 Å². The zero-order valence-corrected chi connectivity index (χ0v) is 19.3. The van der Waals surface area contributed by atoms with Crippen molar-refractivity contribution in [3.8, 4) is 23.0 Å². The number of ether oxygens (including phenoxy) is 1. The number of hydrogen-bond donors (Lipinski definition) is 2. The zero-order chi connectivity index (χ0) is 24.2. The van der Waals surface area contributed by atoms with Crippen molar-refractivity contribution in [2.24, 2.45) is 11.8 Å². The molecule has 2 aromatic carbocycles. The van der Waals surface area contributed by atoms with Gasteiger partial charge in [0.15, 0.2) is 0 Å². The largest absolute Gasteiger partial charge is 0.481 e. The van der Waals surface area contributed by atoms with E-state index in [-0.39, 0.29) is 30.8 Å². The van der Waals surface area contributed by atoms with E-state index in [9.17, 15) is 14.4 Å². The molecular weight excluding hydrogens is 432 g/mol. The molecule has 0 spiro atoms. The average molecular weight is 461 g/mol. The van der Waals surface area contributed by atoms with Gasteiger partial charge >= 0.3 is 12.1 Å². The fourth-order valence-electron chi connectivity index (χ4n) is 4.62. The molecule has 1 heterocycles. The average Bonchev–Trinajstić information content (AvgIpc) is 3.13. The summed E-state index contributed by atoms with van der Waals surface area (Å²) in [5.41, 5.74) is 4.50. The van der Waals surface area contributed by atoms with Crippen molar-refractivity contribution in [1.29, 1.82) is 0 Å². The number of aliphatic carboxylic acids is 1. The molecule has 2 amide bonds. The highest BCUT2D eigenvalue weighted by molar-refractivity contribution is 5.87. The number of benzene rings is 2. The Hall–Kier alpha value is -3.79. The first kappa shape index (κ1) is 23.4. The van der Waals surface area contributed by atoms with Gasteiger partial charge in [0.1, 0.15) is 12.6 Å². The second-order valence-corrected chi connectivity index (χ2v) is 8.78. The Morgan fingerprint density at radius 1 is 1.09 bits per heavy atom. The summed E-state index contributed by atoms with van der Waals surface area (Å²) in [6.07, 6.45) is -0.510. The summed E-state index contributed by atoms with van der Waals surface area (Å²) in [6, 6.07) is 15.3. The lowest BCUT2D eigenvalue weighted by atomic mass is 9.86. The van der Waals surface area contributed by atoms with Crippen LogP contribution in [-0.2, 0) is 14.3 Å². The van der Waals surface area contributed by atoms with E-state index in [0.29, 0.717) is 13.1 Å². The van der Waals surface area contributed by atoms with Gasteiger partial charge in [-0.1, -0.05) is 55.5 Å². The van der Waals surface area contributed by atoms with Gasteiger partial charge in [-0.25, -0.2) is 4.79 Å². The summed E-state index contributed by atoms with van der Waals surface area (Å²) < 4.78 is 5.58. The molecule has 0 bridgehead atoms. The van der Waals surface area contributed by atoms with Crippen LogP contribution in [0.2, 0.25) is 0 Å². The van der Waals surface area contributed by atoms with Gasteiger partial charge in [-0.3, -0.25) is 9.59 Å². The van der Waals surface area contributed by atoms with E-state index in [1.54, 1.807) is 18.7 Å². The summed E-state index contributed by atoms with van der Waals surface area (Å²) in [7, 11) is 0. The maximum absolute atomic E-state index is 12.9. The maximum Gasteiger partial charge on any atom is 0.407 e. The van der Waals surface area contributed by atoms with E-state index in [1.807, 2.05) is 36.4 Å². The summed E-state index contributed by atoms with van der Waals surface area (Å²) >= 11 is 0. The molecule has 2 atom stereocenters. The van der Waals surface area contributed by atoms with Crippen LogP contribution in [0.25, 0.3) is 11.1 Å². The van der Waals surface area contributed by atoms with E-state index in [2.05, 4.69) is 29.3 Å². The summed E-state index contributed by atoms with van der Waals surface area (Å²) in [5.74, 6) is 3.77. The molecule has 4 rings (SSSR count). The van der Waals surface area contributed by atoms with Gasteiger partial charge in [0.05, 0.1) is 5.92 Å². The van der Waals surface area contributed by atoms with Crippen LogP contribution in [0.1, 0.15) is 37.3 Å². The molecule has 0 radical (unpaired) electrons. The molecular formula is C27H28N2O5. The fraction of sp³-hybridized carbons (Fsp3) is 0.370. The monoisotopic (exact) mass is 460 g/mol. The number of nitrogens with one attached hydrogen (secondary N) is 1. The minimum absolute atomic E-state index is 0.0728. The summed E-state index contributed by atoms with van der Waals surface area (Å²) in [6.45, 7) is 4.18. The highest BCUT2D eigenvalue weighted by Crippen LogP contribution is 2.44. The summed E-state index contributed by atoms with van der Waals surface area (Å²) in [4.78, 5) is 38.3. The molecule has 1 aliphatic heterocycles. The van der Waals surface area contributed by atoms with E-state index in [0.717, 1.165) is 22.3 Å². The number of nitrogens with zero attached hydrogens (tertiary/aromatic N) is 1. The third kappa shape index (κ3) is 4.62. The Morgan fingerprint density at radius 3 is 2.24 bits per heavy atom.